The molecular weight excluding hydrogens is 791 g/mol. The molecule has 2 aliphatic rings. The van der Waals surface area contributed by atoms with Gasteiger partial charge < -0.3 is 24.8 Å². The van der Waals surface area contributed by atoms with Crippen molar-refractivity contribution in [3.63, 3.8) is 0 Å². The van der Waals surface area contributed by atoms with E-state index in [0.29, 0.717) is 61.5 Å². The van der Waals surface area contributed by atoms with Crippen molar-refractivity contribution in [2.75, 3.05) is 59.5 Å². The van der Waals surface area contributed by atoms with E-state index in [4.69, 9.17) is 4.98 Å². The molecule has 322 valence electrons. The van der Waals surface area contributed by atoms with Crippen molar-refractivity contribution >= 4 is 38.4 Å². The Labute approximate surface area is 358 Å². The van der Waals surface area contributed by atoms with Gasteiger partial charge in [0, 0.05) is 93.4 Å². The van der Waals surface area contributed by atoms with E-state index in [1.54, 1.807) is 30.5 Å². The number of nitrogens with one attached hydrogen (secondary N) is 2. The number of likely N-dealkylation sites (N-methyl/N-ethyl adjacent to an activating group) is 1. The fourth-order valence-corrected chi connectivity index (χ4v) is 9.15. The van der Waals surface area contributed by atoms with E-state index >= 15 is 4.79 Å². The number of fused-ring (bicyclic) bond motifs is 2. The largest absolute Gasteiger partial charge is 0.395 e. The minimum Gasteiger partial charge on any atom is -0.395 e. The van der Waals surface area contributed by atoms with Crippen molar-refractivity contribution in [3.05, 3.63) is 119 Å². The zero-order valence-electron chi connectivity index (χ0n) is 35.4. The van der Waals surface area contributed by atoms with Crippen LogP contribution >= 0.6 is 0 Å². The molecule has 4 aromatic carbocycles. The van der Waals surface area contributed by atoms with Gasteiger partial charge in [-0.1, -0.05) is 75.2 Å². The summed E-state index contributed by atoms with van der Waals surface area (Å²) in [5, 5.41) is 14.9. The topological polar surface area (TPSA) is 157 Å². The Bertz CT molecular complexity index is 2490. The molecule has 0 aliphatic carbocycles. The molecule has 1 unspecified atom stereocenters. The molecule has 1 atom stereocenters. The van der Waals surface area contributed by atoms with Gasteiger partial charge in [0.25, 0.3) is 21.8 Å². The molecule has 3 heterocycles. The number of aromatic nitrogens is 2. The van der Waals surface area contributed by atoms with E-state index in [-0.39, 0.29) is 46.1 Å². The summed E-state index contributed by atoms with van der Waals surface area (Å²) in [4.78, 5) is 54.8. The highest BCUT2D eigenvalue weighted by atomic mass is 32.2. The van der Waals surface area contributed by atoms with E-state index in [1.807, 2.05) is 39.8 Å². The van der Waals surface area contributed by atoms with Crippen LogP contribution in [-0.4, -0.2) is 121 Å². The number of aliphatic hydroxyl groups excluding tert-OH is 1. The SMILES string of the molecule is CCCCN(CCCC)C(=O)c1cn(CCN2CCN(C)CC2)c(-c2ccc(C(=O)NS(=O)(=O)c3ccc4ccccc4c3)cc2C(=O)c2cccc3c2CC(CO)NC3)n1. The number of imidazole rings is 1. The molecule has 13 nitrogen and oxygen atoms in total. The number of sulfonamides is 1. The van der Waals surface area contributed by atoms with E-state index in [0.717, 1.165) is 68.4 Å². The van der Waals surface area contributed by atoms with Crippen molar-refractivity contribution in [2.24, 2.45) is 0 Å². The summed E-state index contributed by atoms with van der Waals surface area (Å²) in [5.41, 5.74) is 2.93. The first-order chi connectivity index (χ1) is 29.5. The molecule has 1 fully saturated rings. The van der Waals surface area contributed by atoms with Crippen LogP contribution < -0.4 is 10.0 Å². The smallest absolute Gasteiger partial charge is 0.274 e. The van der Waals surface area contributed by atoms with Gasteiger partial charge in [-0.3, -0.25) is 19.3 Å². The number of piperazine rings is 1. The van der Waals surface area contributed by atoms with Crippen LogP contribution in [0.3, 0.4) is 0 Å². The molecule has 0 radical (unpaired) electrons. The van der Waals surface area contributed by atoms with Crippen LogP contribution in [0.4, 0.5) is 0 Å². The lowest BCUT2D eigenvalue weighted by Gasteiger charge is -2.32. The van der Waals surface area contributed by atoms with Crippen LogP contribution in [0.1, 0.15) is 87.4 Å². The first-order valence-corrected chi connectivity index (χ1v) is 22.9. The van der Waals surface area contributed by atoms with Gasteiger partial charge in [-0.05, 0) is 78.5 Å². The van der Waals surface area contributed by atoms with Crippen LogP contribution in [0.2, 0.25) is 0 Å². The number of amides is 2. The molecule has 1 aromatic heterocycles. The van der Waals surface area contributed by atoms with Gasteiger partial charge in [-0.2, -0.15) is 0 Å². The van der Waals surface area contributed by atoms with Gasteiger partial charge in [0.2, 0.25) is 0 Å². The van der Waals surface area contributed by atoms with E-state index in [1.165, 1.54) is 24.3 Å². The summed E-state index contributed by atoms with van der Waals surface area (Å²) in [6, 6.07) is 21.8. The lowest BCUT2D eigenvalue weighted by Crippen LogP contribution is -2.45. The number of carbonyl (C=O) groups excluding carboxylic acids is 3. The maximum Gasteiger partial charge on any atom is 0.274 e. The first kappa shape index (κ1) is 43.8. The first-order valence-electron chi connectivity index (χ1n) is 21.5. The number of ketones is 1. The number of carbonyl (C=O) groups is 3. The monoisotopic (exact) mass is 847 g/mol. The van der Waals surface area contributed by atoms with Crippen LogP contribution in [0, 0.1) is 0 Å². The van der Waals surface area contributed by atoms with Crippen molar-refractivity contribution in [1.29, 1.82) is 0 Å². The number of benzene rings is 4. The number of nitrogens with zero attached hydrogens (tertiary/aromatic N) is 5. The third-order valence-corrected chi connectivity index (χ3v) is 13.2. The van der Waals surface area contributed by atoms with Crippen molar-refractivity contribution in [3.8, 4) is 11.4 Å². The number of unbranched alkanes of at least 4 members (excludes halogenated alkanes) is 2. The molecule has 0 bridgehead atoms. The quantitative estimate of drug-likeness (QED) is 0.104. The van der Waals surface area contributed by atoms with Gasteiger partial charge in [-0.25, -0.2) is 18.1 Å². The molecular formula is C47H57N7O6S. The second kappa shape index (κ2) is 19.6. The number of hydrogen-bond acceptors (Lipinski definition) is 10. The summed E-state index contributed by atoms with van der Waals surface area (Å²) in [6.45, 7) is 10.6. The Morgan fingerprint density at radius 3 is 2.33 bits per heavy atom. The van der Waals surface area contributed by atoms with E-state index < -0.39 is 15.9 Å². The highest BCUT2D eigenvalue weighted by Crippen LogP contribution is 2.31. The van der Waals surface area contributed by atoms with Gasteiger partial charge in [0.1, 0.15) is 11.5 Å². The molecule has 1 saturated heterocycles. The maximum atomic E-state index is 15.1. The fourth-order valence-electron chi connectivity index (χ4n) is 8.14. The van der Waals surface area contributed by atoms with Crippen LogP contribution in [0.25, 0.3) is 22.2 Å². The Balaban J connectivity index is 1.32. The molecule has 0 spiro atoms. The molecule has 61 heavy (non-hydrogen) atoms. The lowest BCUT2D eigenvalue weighted by atomic mass is 9.86. The minimum absolute atomic E-state index is 0.0340. The van der Waals surface area contributed by atoms with Crippen molar-refractivity contribution in [2.45, 2.75) is 70.0 Å². The van der Waals surface area contributed by atoms with Gasteiger partial charge in [0.15, 0.2) is 5.78 Å². The molecule has 0 saturated carbocycles. The second-order valence-electron chi connectivity index (χ2n) is 16.2. The average molecular weight is 848 g/mol. The average Bonchev–Trinajstić information content (AvgIpc) is 3.71. The molecule has 2 amide bonds. The molecule has 2 aliphatic heterocycles. The summed E-state index contributed by atoms with van der Waals surface area (Å²) < 4.78 is 31.5. The molecule has 7 rings (SSSR count). The van der Waals surface area contributed by atoms with Crippen molar-refractivity contribution < 1.29 is 27.9 Å². The van der Waals surface area contributed by atoms with Gasteiger partial charge in [-0.15, -0.1) is 0 Å². The minimum atomic E-state index is -4.31. The zero-order chi connectivity index (χ0) is 43.1. The Morgan fingerprint density at radius 2 is 1.61 bits per heavy atom. The summed E-state index contributed by atoms with van der Waals surface area (Å²) >= 11 is 0. The highest BCUT2D eigenvalue weighted by Gasteiger charge is 2.29. The van der Waals surface area contributed by atoms with Gasteiger partial charge >= 0.3 is 0 Å². The lowest BCUT2D eigenvalue weighted by molar-refractivity contribution is 0.0745. The van der Waals surface area contributed by atoms with E-state index in [9.17, 15) is 23.1 Å². The molecule has 14 heteroatoms. The van der Waals surface area contributed by atoms with Crippen LogP contribution in [-0.2, 0) is 29.5 Å². The summed E-state index contributed by atoms with van der Waals surface area (Å²) in [5.74, 6) is -1.05. The third-order valence-electron chi connectivity index (χ3n) is 11.9. The predicted molar refractivity (Wildman–Crippen MR) is 237 cm³/mol. The molecule has 5 aromatic rings. The van der Waals surface area contributed by atoms with E-state index in [2.05, 4.69) is 40.7 Å². The van der Waals surface area contributed by atoms with Gasteiger partial charge in [0.05, 0.1) is 11.5 Å². The zero-order valence-corrected chi connectivity index (χ0v) is 36.2. The standard InChI is InChI=1S/C47H57N7O6S/c1-4-6-19-53(20-7-5-2)47(58)43-31-54(26-25-52-23-21-51(3)22-24-52)45(49-43)40-18-16-35(46(57)50-61(59,60)38-17-15-33-11-8-9-12-34(33)27-38)28-42(40)44(56)39-14-10-13-36-30-48-37(32-55)29-41(36)39/h8-18,27-28,31,37,48,55H,4-7,19-26,29-30,32H2,1-3H3,(H,50,57). The second-order valence-corrected chi connectivity index (χ2v) is 17.9. The number of aliphatic hydroxyl groups is 1. The van der Waals surface area contributed by atoms with Crippen LogP contribution in [0.5, 0.6) is 0 Å². The molecule has 3 N–H and O–H groups in total. The Kier molecular flexibility index (Phi) is 14.1. The van der Waals surface area contributed by atoms with Crippen molar-refractivity contribution in [1.82, 2.24) is 34.3 Å². The Hall–Kier alpha value is -5.25. The summed E-state index contributed by atoms with van der Waals surface area (Å²) in [6.07, 6.45) is 5.79. The highest BCUT2D eigenvalue weighted by molar-refractivity contribution is 7.90. The fraction of sp³-hybridized carbons (Fsp3) is 0.404. The number of hydrogen-bond donors (Lipinski definition) is 3. The van der Waals surface area contributed by atoms with Crippen LogP contribution in [0.15, 0.2) is 90.0 Å². The number of rotatable bonds is 17. The maximum absolute atomic E-state index is 15.1. The normalized spacial score (nSPS) is 16.0. The Morgan fingerprint density at radius 1 is 0.869 bits per heavy atom. The summed E-state index contributed by atoms with van der Waals surface area (Å²) in [7, 11) is -2.20. The third kappa shape index (κ3) is 10.1. The predicted octanol–water partition coefficient (Wildman–Crippen LogP) is 5.35.